The lowest BCUT2D eigenvalue weighted by Crippen LogP contribution is -1.93. The molecule has 0 fully saturated rings. The van der Waals surface area contributed by atoms with E-state index in [1.54, 1.807) is 0 Å². The molecule has 2 N–H and O–H groups in total. The van der Waals surface area contributed by atoms with Gasteiger partial charge in [0.25, 0.3) is 20.2 Å². The third-order valence-corrected chi connectivity index (χ3v) is 1.10. The van der Waals surface area contributed by atoms with Crippen LogP contribution in [0.2, 0.25) is 0 Å². The summed E-state index contributed by atoms with van der Waals surface area (Å²) in [6.45, 7) is 0. The van der Waals surface area contributed by atoms with Crippen molar-refractivity contribution in [1.82, 2.24) is 0 Å². The highest BCUT2D eigenvalue weighted by atomic mass is 33.2. The molecule has 0 aromatic carbocycles. The van der Waals surface area contributed by atoms with Crippen molar-refractivity contribution in [2.75, 3.05) is 0 Å². The molecule has 0 aromatic rings. The van der Waals surface area contributed by atoms with Gasteiger partial charge in [0.05, 0.1) is 0 Å². The SMILES string of the molecule is C.O=S(O)S(=O)O. The second kappa shape index (κ2) is 4.38. The van der Waals surface area contributed by atoms with Gasteiger partial charge >= 0.3 is 0 Å². The Labute approximate surface area is 45.9 Å². The second-order valence-corrected chi connectivity index (χ2v) is 3.01. The third-order valence-electron chi connectivity index (χ3n) is 0.122. The predicted octanol–water partition coefficient (Wildman–Crippen LogP) is -0.0191. The van der Waals surface area contributed by atoms with Gasteiger partial charge in [-0.25, -0.2) is 8.42 Å². The zero-order valence-corrected chi connectivity index (χ0v) is 4.16. The van der Waals surface area contributed by atoms with Crippen LogP contribution in [0.15, 0.2) is 0 Å². The van der Waals surface area contributed by atoms with E-state index in [0.29, 0.717) is 0 Å². The molecule has 7 heavy (non-hydrogen) atoms. The first-order valence-electron chi connectivity index (χ1n) is 0.865. The Hall–Kier alpha value is 0.220. The van der Waals surface area contributed by atoms with Crippen molar-refractivity contribution in [3.63, 3.8) is 0 Å². The molecular formula is CH6O4S2. The highest BCUT2D eigenvalue weighted by Gasteiger charge is 1.95. The van der Waals surface area contributed by atoms with Crippen LogP contribution >= 0.6 is 0 Å². The van der Waals surface area contributed by atoms with Crippen molar-refractivity contribution in [3.05, 3.63) is 0 Å². The molecule has 2 unspecified atom stereocenters. The van der Waals surface area contributed by atoms with Gasteiger partial charge in [-0.3, -0.25) is 9.11 Å². The highest BCUT2D eigenvalue weighted by molar-refractivity contribution is 8.56. The Morgan fingerprint density at radius 3 is 1.14 bits per heavy atom. The molecule has 0 heterocycles. The monoisotopic (exact) mass is 146 g/mol. The minimum absolute atomic E-state index is 0. The summed E-state index contributed by atoms with van der Waals surface area (Å²) in [5.74, 6) is 0. The normalized spacial score (nSPS) is 16.9. The molecule has 6 heteroatoms. The minimum atomic E-state index is -2.59. The summed E-state index contributed by atoms with van der Waals surface area (Å²) < 4.78 is 33.6. The first-order valence-corrected chi connectivity index (χ1v) is 3.60. The minimum Gasteiger partial charge on any atom is -0.294 e. The van der Waals surface area contributed by atoms with E-state index >= 15 is 0 Å². The molecule has 0 bridgehead atoms. The van der Waals surface area contributed by atoms with Gasteiger partial charge in [-0.2, -0.15) is 0 Å². The average Bonchev–Trinajstić information content (AvgIpc) is 1.36. The van der Waals surface area contributed by atoms with Gasteiger partial charge < -0.3 is 0 Å². The Morgan fingerprint density at radius 2 is 1.14 bits per heavy atom. The summed E-state index contributed by atoms with van der Waals surface area (Å²) >= 11 is 0. The molecule has 0 saturated carbocycles. The summed E-state index contributed by atoms with van der Waals surface area (Å²) in [4.78, 5) is 0. The van der Waals surface area contributed by atoms with E-state index in [9.17, 15) is 8.42 Å². The van der Waals surface area contributed by atoms with Crippen LogP contribution in [0.1, 0.15) is 7.43 Å². The fourth-order valence-corrected chi connectivity index (χ4v) is 0. The van der Waals surface area contributed by atoms with E-state index in [2.05, 4.69) is 0 Å². The van der Waals surface area contributed by atoms with E-state index in [4.69, 9.17) is 9.11 Å². The summed E-state index contributed by atoms with van der Waals surface area (Å²) in [5, 5.41) is 0. The largest absolute Gasteiger partial charge is 0.294 e. The summed E-state index contributed by atoms with van der Waals surface area (Å²) in [6, 6.07) is 0. The van der Waals surface area contributed by atoms with Gasteiger partial charge in [0.2, 0.25) is 0 Å². The van der Waals surface area contributed by atoms with Crippen LogP contribution in [-0.4, -0.2) is 17.5 Å². The Balaban J connectivity index is 0. The lowest BCUT2D eigenvalue weighted by Gasteiger charge is -1.74. The molecule has 0 aliphatic carbocycles. The average molecular weight is 146 g/mol. The predicted molar refractivity (Wildman–Crippen MR) is 28.3 cm³/mol. The number of hydrogen-bond donors (Lipinski definition) is 2. The number of rotatable bonds is 1. The Morgan fingerprint density at radius 1 is 1.00 bits per heavy atom. The van der Waals surface area contributed by atoms with Crippen molar-refractivity contribution in [3.8, 4) is 0 Å². The van der Waals surface area contributed by atoms with Gasteiger partial charge in [0.1, 0.15) is 0 Å². The van der Waals surface area contributed by atoms with E-state index in [0.717, 1.165) is 0 Å². The molecule has 0 amide bonds. The first kappa shape index (κ1) is 10.3. The fraction of sp³-hybridized carbons (Fsp3) is 1.00. The lowest BCUT2D eigenvalue weighted by molar-refractivity contribution is 0.548. The maximum Gasteiger partial charge on any atom is 0.274 e. The molecule has 0 saturated heterocycles. The summed E-state index contributed by atoms with van der Waals surface area (Å²) in [7, 11) is -5.18. The maximum absolute atomic E-state index is 9.26. The van der Waals surface area contributed by atoms with Crippen molar-refractivity contribution in [2.24, 2.45) is 0 Å². The molecule has 0 spiro atoms. The van der Waals surface area contributed by atoms with Crippen molar-refractivity contribution < 1.29 is 17.5 Å². The van der Waals surface area contributed by atoms with Crippen LogP contribution in [-0.2, 0) is 20.2 Å². The molecule has 0 aliphatic heterocycles. The molecule has 4 nitrogen and oxygen atoms in total. The third kappa shape index (κ3) is 6.22. The fourth-order valence-electron chi connectivity index (χ4n) is 0. The van der Waals surface area contributed by atoms with Crippen LogP contribution in [0.4, 0.5) is 0 Å². The molecule has 0 aliphatic rings. The smallest absolute Gasteiger partial charge is 0.274 e. The van der Waals surface area contributed by atoms with E-state index in [-0.39, 0.29) is 7.43 Å². The molecule has 2 atom stereocenters. The molecular weight excluding hydrogens is 140 g/mol. The van der Waals surface area contributed by atoms with E-state index in [1.165, 1.54) is 0 Å². The van der Waals surface area contributed by atoms with Crippen LogP contribution in [0, 0.1) is 0 Å². The van der Waals surface area contributed by atoms with Crippen molar-refractivity contribution >= 4 is 20.2 Å². The molecule has 0 radical (unpaired) electrons. The maximum atomic E-state index is 9.26. The van der Waals surface area contributed by atoms with Gasteiger partial charge in [-0.05, 0) is 0 Å². The number of hydrogen-bond acceptors (Lipinski definition) is 2. The van der Waals surface area contributed by atoms with Crippen LogP contribution in [0.25, 0.3) is 0 Å². The van der Waals surface area contributed by atoms with Crippen molar-refractivity contribution in [1.29, 1.82) is 0 Å². The van der Waals surface area contributed by atoms with Gasteiger partial charge in [0.15, 0.2) is 0 Å². The zero-order valence-electron chi connectivity index (χ0n) is 2.53. The first-order chi connectivity index (χ1) is 2.64. The summed E-state index contributed by atoms with van der Waals surface area (Å²) in [6.07, 6.45) is 0. The lowest BCUT2D eigenvalue weighted by atomic mass is 12.0. The van der Waals surface area contributed by atoms with E-state index < -0.39 is 20.2 Å². The molecule has 0 rings (SSSR count). The van der Waals surface area contributed by atoms with Gasteiger partial charge in [-0.15, -0.1) is 0 Å². The standard InChI is InChI=1S/CH4.H2O4S2/c;1-5(2)6(3)4/h1H4;(H,1,2)(H,3,4). The summed E-state index contributed by atoms with van der Waals surface area (Å²) in [5.41, 5.74) is 0. The molecule has 0 aromatic heterocycles. The second-order valence-electron chi connectivity index (χ2n) is 0.434. The van der Waals surface area contributed by atoms with Crippen LogP contribution in [0.3, 0.4) is 0 Å². The highest BCUT2D eigenvalue weighted by Crippen LogP contribution is 1.74. The van der Waals surface area contributed by atoms with Crippen LogP contribution in [0.5, 0.6) is 0 Å². The van der Waals surface area contributed by atoms with E-state index in [1.807, 2.05) is 0 Å². The Bertz CT molecular complexity index is 75.7. The van der Waals surface area contributed by atoms with Crippen LogP contribution < -0.4 is 0 Å². The zero-order chi connectivity index (χ0) is 5.15. The Kier molecular flexibility index (Phi) is 6.42. The topological polar surface area (TPSA) is 74.6 Å². The van der Waals surface area contributed by atoms with Gasteiger partial charge in [-0.1, -0.05) is 7.43 Å². The molecule has 46 valence electrons. The van der Waals surface area contributed by atoms with Crippen molar-refractivity contribution in [2.45, 2.75) is 7.43 Å². The van der Waals surface area contributed by atoms with Gasteiger partial charge in [0, 0.05) is 0 Å². The quantitative estimate of drug-likeness (QED) is 0.402.